The van der Waals surface area contributed by atoms with Crippen LogP contribution in [0.4, 0.5) is 5.69 Å². The fourth-order valence-electron chi connectivity index (χ4n) is 6.22. The van der Waals surface area contributed by atoms with Crippen molar-refractivity contribution >= 4 is 56.3 Å². The predicted molar refractivity (Wildman–Crippen MR) is 157 cm³/mol. The predicted octanol–water partition coefficient (Wildman–Crippen LogP) is 5.38. The van der Waals surface area contributed by atoms with Crippen LogP contribution in [-0.2, 0) is 0 Å². The topological polar surface area (TPSA) is 117 Å². The van der Waals surface area contributed by atoms with E-state index in [-0.39, 0.29) is 38.9 Å². The summed E-state index contributed by atoms with van der Waals surface area (Å²) in [7, 11) is 0. The van der Waals surface area contributed by atoms with Crippen molar-refractivity contribution < 1.29 is 19.2 Å². The van der Waals surface area contributed by atoms with E-state index < -0.39 is 34.9 Å². The first-order valence-electron chi connectivity index (χ1n) is 13.5. The Morgan fingerprint density at radius 2 is 1.33 bits per heavy atom. The maximum absolute atomic E-state index is 13.8. The summed E-state index contributed by atoms with van der Waals surface area (Å²) in [5.74, 6) is -3.58. The number of amides is 2. The molecular formula is C34H19N3O5. The Hall–Kier alpha value is -5.76. The highest BCUT2D eigenvalue weighted by atomic mass is 16.2. The number of ketones is 2. The van der Waals surface area contributed by atoms with Gasteiger partial charge in [-0.1, -0.05) is 42.5 Å². The number of Topliss-reactive ketones (excluding diaryl/α,β-unsaturated/α-hetero) is 2. The number of benzene rings is 4. The van der Waals surface area contributed by atoms with E-state index in [0.29, 0.717) is 16.6 Å². The molecule has 8 rings (SSSR count). The summed E-state index contributed by atoms with van der Waals surface area (Å²) in [6.07, 6.45) is 7.06. The minimum absolute atomic E-state index is 0.0432. The molecule has 0 unspecified atom stereocenters. The molecule has 2 aliphatic carbocycles. The molecule has 42 heavy (non-hydrogen) atoms. The lowest BCUT2D eigenvalue weighted by molar-refractivity contribution is 0.0843. The second-order valence-electron chi connectivity index (χ2n) is 10.5. The number of rotatable bonds is 3. The number of allylic oxidation sites excluding steroid dienone is 4. The van der Waals surface area contributed by atoms with E-state index in [0.717, 1.165) is 22.5 Å². The monoisotopic (exact) mass is 549 g/mol. The molecule has 1 N–H and O–H groups in total. The molecule has 0 atom stereocenters. The molecule has 2 heterocycles. The van der Waals surface area contributed by atoms with Crippen molar-refractivity contribution in [2.45, 2.75) is 12.3 Å². The maximum Gasteiger partial charge on any atom is 0.265 e. The van der Waals surface area contributed by atoms with Crippen molar-refractivity contribution in [2.75, 3.05) is 4.90 Å². The minimum atomic E-state index is -1.36. The molecule has 3 aliphatic rings. The van der Waals surface area contributed by atoms with Gasteiger partial charge in [0.25, 0.3) is 17.4 Å². The first kappa shape index (κ1) is 24.1. The summed E-state index contributed by atoms with van der Waals surface area (Å²) in [4.78, 5) is 76.0. The van der Waals surface area contributed by atoms with Crippen LogP contribution in [0.3, 0.4) is 0 Å². The van der Waals surface area contributed by atoms with Crippen LogP contribution in [-0.4, -0.2) is 33.3 Å². The van der Waals surface area contributed by atoms with E-state index in [1.165, 1.54) is 24.3 Å². The van der Waals surface area contributed by atoms with Crippen molar-refractivity contribution in [3.8, 4) is 0 Å². The number of fused-ring (bicyclic) bond motifs is 1. The molecule has 0 bridgehead atoms. The van der Waals surface area contributed by atoms with E-state index in [1.54, 1.807) is 36.4 Å². The zero-order valence-corrected chi connectivity index (χ0v) is 21.9. The van der Waals surface area contributed by atoms with E-state index in [1.807, 2.05) is 18.2 Å². The largest absolute Gasteiger partial charge is 0.309 e. The van der Waals surface area contributed by atoms with Gasteiger partial charge >= 0.3 is 0 Å². The van der Waals surface area contributed by atoms with Crippen molar-refractivity contribution in [2.24, 2.45) is 0 Å². The Morgan fingerprint density at radius 3 is 1.98 bits per heavy atom. The number of para-hydroxylation sites is 1. The van der Waals surface area contributed by atoms with Crippen LogP contribution in [0.1, 0.15) is 65.2 Å². The first-order chi connectivity index (χ1) is 20.4. The Balaban J connectivity index is 1.24. The van der Waals surface area contributed by atoms with Gasteiger partial charge in [0.1, 0.15) is 11.7 Å². The van der Waals surface area contributed by atoms with E-state index in [9.17, 15) is 24.0 Å². The van der Waals surface area contributed by atoms with Gasteiger partial charge in [-0.2, -0.15) is 0 Å². The van der Waals surface area contributed by atoms with Gasteiger partial charge in [-0.25, -0.2) is 9.88 Å². The second kappa shape index (κ2) is 8.62. The number of hydrogen-bond acceptors (Lipinski definition) is 6. The van der Waals surface area contributed by atoms with Crippen molar-refractivity contribution in [1.82, 2.24) is 9.97 Å². The highest BCUT2D eigenvalue weighted by Gasteiger charge is 2.43. The summed E-state index contributed by atoms with van der Waals surface area (Å²) in [6, 6.07) is 20.0. The number of anilines is 1. The lowest BCUT2D eigenvalue weighted by atomic mass is 9.76. The molecule has 0 spiro atoms. The molecule has 5 aromatic rings. The molecule has 8 nitrogen and oxygen atoms in total. The normalized spacial score (nSPS) is 16.2. The summed E-state index contributed by atoms with van der Waals surface area (Å²) < 4.78 is 0. The molecule has 4 aromatic carbocycles. The Labute approximate surface area is 237 Å². The molecule has 8 heteroatoms. The number of H-pyrrole nitrogens is 1. The Bertz CT molecular complexity index is 2150. The maximum atomic E-state index is 13.8. The molecular weight excluding hydrogens is 530 g/mol. The number of carbonyl (C=O) groups excluding carboxylic acids is 4. The van der Waals surface area contributed by atoms with Gasteiger partial charge in [0, 0.05) is 33.0 Å². The Morgan fingerprint density at radius 1 is 0.714 bits per heavy atom. The lowest BCUT2D eigenvalue weighted by Gasteiger charge is -2.30. The molecule has 0 radical (unpaired) electrons. The van der Waals surface area contributed by atoms with E-state index in [4.69, 9.17) is 0 Å². The van der Waals surface area contributed by atoms with Gasteiger partial charge in [0.2, 0.25) is 0 Å². The van der Waals surface area contributed by atoms with Gasteiger partial charge in [0.15, 0.2) is 11.6 Å². The molecule has 0 fully saturated rings. The molecule has 0 saturated heterocycles. The molecule has 200 valence electrons. The van der Waals surface area contributed by atoms with Crippen LogP contribution in [0.25, 0.3) is 27.2 Å². The number of aromatic amines is 1. The summed E-state index contributed by atoms with van der Waals surface area (Å²) >= 11 is 0. The summed E-state index contributed by atoms with van der Waals surface area (Å²) in [5, 5.41) is 0.907. The number of hydrogen-bond donors (Lipinski definition) is 1. The summed E-state index contributed by atoms with van der Waals surface area (Å²) in [6.45, 7) is 0. The first-order valence-corrected chi connectivity index (χ1v) is 13.5. The fraction of sp³-hybridized carbons (Fsp3) is 0.0588. The van der Waals surface area contributed by atoms with Gasteiger partial charge in [-0.3, -0.25) is 24.0 Å². The molecule has 1 aliphatic heterocycles. The van der Waals surface area contributed by atoms with Crippen LogP contribution >= 0.6 is 0 Å². The van der Waals surface area contributed by atoms with Crippen molar-refractivity contribution in [1.29, 1.82) is 0 Å². The van der Waals surface area contributed by atoms with Crippen molar-refractivity contribution in [3.63, 3.8) is 0 Å². The standard InChI is InChI=1S/C34H19N3O5/c38-29-21-13-15-23-27-24(34(42)37(33(23)41)19-11-9-18(10-12-19)17-5-1-2-6-17)16-14-22(26(21)27)30(39)28(29)31-35-25-8-4-3-7-20(25)32(40)36-31/h1,3-16,28H,2H2,(H,35,36,40). The molecule has 2 amide bonds. The van der Waals surface area contributed by atoms with Crippen LogP contribution in [0, 0.1) is 0 Å². The number of nitrogens with one attached hydrogen (secondary N) is 1. The van der Waals surface area contributed by atoms with E-state index in [2.05, 4.69) is 22.1 Å². The highest BCUT2D eigenvalue weighted by Crippen LogP contribution is 2.42. The zero-order chi connectivity index (χ0) is 28.7. The average Bonchev–Trinajstić information content (AvgIpc) is 3.55. The summed E-state index contributed by atoms with van der Waals surface area (Å²) in [5.41, 5.74) is 3.26. The number of carbonyl (C=O) groups is 4. The third-order valence-electron chi connectivity index (χ3n) is 8.22. The molecule has 1 aromatic heterocycles. The third kappa shape index (κ3) is 3.23. The van der Waals surface area contributed by atoms with Crippen LogP contribution in [0.5, 0.6) is 0 Å². The Kier molecular flexibility index (Phi) is 4.94. The van der Waals surface area contributed by atoms with E-state index >= 15 is 0 Å². The van der Waals surface area contributed by atoms with Gasteiger partial charge in [-0.05, 0) is 66.1 Å². The van der Waals surface area contributed by atoms with Crippen LogP contribution in [0.2, 0.25) is 0 Å². The van der Waals surface area contributed by atoms with Gasteiger partial charge in [-0.15, -0.1) is 0 Å². The van der Waals surface area contributed by atoms with Crippen molar-refractivity contribution in [3.05, 3.63) is 135 Å². The minimum Gasteiger partial charge on any atom is -0.309 e. The molecule has 0 saturated carbocycles. The second-order valence-corrected chi connectivity index (χ2v) is 10.5. The fourth-order valence-corrected chi connectivity index (χ4v) is 6.22. The zero-order valence-electron chi connectivity index (χ0n) is 21.9. The van der Waals surface area contributed by atoms with Crippen LogP contribution in [0.15, 0.2) is 95.8 Å². The smallest absolute Gasteiger partial charge is 0.265 e. The number of imide groups is 1. The van der Waals surface area contributed by atoms with Crippen LogP contribution < -0.4 is 10.5 Å². The highest BCUT2D eigenvalue weighted by molar-refractivity contribution is 6.40. The van der Waals surface area contributed by atoms with Gasteiger partial charge in [0.05, 0.1) is 16.6 Å². The van der Waals surface area contributed by atoms with Gasteiger partial charge < -0.3 is 4.98 Å². The lowest BCUT2D eigenvalue weighted by Crippen LogP contribution is -2.41. The third-order valence-corrected chi connectivity index (χ3v) is 8.22. The number of nitrogens with zero attached hydrogens (tertiary/aromatic N) is 2. The SMILES string of the molecule is O=C1c2ccc3c4c(ccc(c24)C(=O)C1c1nc2ccccc2c(=O)[nH]1)C(=O)N(c1ccc(C2=CCC=C2)cc1)C3=O. The quantitative estimate of drug-likeness (QED) is 0.238. The average molecular weight is 550 g/mol. The number of aromatic nitrogens is 2.